The van der Waals surface area contributed by atoms with Crippen LogP contribution in [0.3, 0.4) is 0 Å². The largest absolute Gasteiger partial charge is 0.494 e. The van der Waals surface area contributed by atoms with E-state index in [1.54, 1.807) is 12.1 Å². The zero-order valence-electron chi connectivity index (χ0n) is 16.3. The molecule has 1 N–H and O–H groups in total. The number of piperidine rings is 1. The average Bonchev–Trinajstić information content (AvgIpc) is 2.73. The molecule has 0 aromatic heterocycles. The number of hydrogen-bond donors (Lipinski definition) is 1. The Kier molecular flexibility index (Phi) is 7.16. The molecule has 1 aliphatic rings. The molecule has 0 spiro atoms. The van der Waals surface area contributed by atoms with Crippen molar-refractivity contribution in [3.63, 3.8) is 0 Å². The van der Waals surface area contributed by atoms with Crippen molar-refractivity contribution in [2.24, 2.45) is 5.92 Å². The van der Waals surface area contributed by atoms with Crippen LogP contribution in [0.15, 0.2) is 53.4 Å². The Morgan fingerprint density at radius 3 is 2.52 bits per heavy atom. The predicted molar refractivity (Wildman–Crippen MR) is 112 cm³/mol. The van der Waals surface area contributed by atoms with Gasteiger partial charge in [0.25, 0.3) is 0 Å². The molecule has 0 unspecified atom stereocenters. The lowest BCUT2D eigenvalue weighted by Crippen LogP contribution is -2.45. The molecule has 3 rings (SSSR count). The van der Waals surface area contributed by atoms with E-state index in [0.29, 0.717) is 37.6 Å². The van der Waals surface area contributed by atoms with E-state index >= 15 is 0 Å². The van der Waals surface area contributed by atoms with Crippen LogP contribution in [0, 0.1) is 5.92 Å². The molecule has 0 bridgehead atoms. The molecule has 1 atom stereocenters. The first-order valence-corrected chi connectivity index (χ1v) is 11.5. The molecule has 1 aliphatic heterocycles. The van der Waals surface area contributed by atoms with Crippen LogP contribution in [0.5, 0.6) is 5.75 Å². The smallest absolute Gasteiger partial charge is 0.243 e. The number of amides is 1. The van der Waals surface area contributed by atoms with Crippen LogP contribution in [0.2, 0.25) is 5.02 Å². The molecule has 29 heavy (non-hydrogen) atoms. The van der Waals surface area contributed by atoms with Crippen molar-refractivity contribution in [3.05, 3.63) is 59.1 Å². The van der Waals surface area contributed by atoms with Crippen molar-refractivity contribution in [1.29, 1.82) is 0 Å². The Hall–Kier alpha value is -2.09. The lowest BCUT2D eigenvalue weighted by molar-refractivity contribution is -0.126. The van der Waals surface area contributed by atoms with Crippen molar-refractivity contribution in [1.82, 2.24) is 9.62 Å². The number of hydrogen-bond acceptors (Lipinski definition) is 4. The maximum absolute atomic E-state index is 12.9. The van der Waals surface area contributed by atoms with E-state index in [0.717, 1.165) is 11.3 Å². The number of ether oxygens (including phenoxy) is 1. The van der Waals surface area contributed by atoms with Gasteiger partial charge in [-0.15, -0.1) is 0 Å². The number of nitrogens with zero attached hydrogens (tertiary/aromatic N) is 1. The van der Waals surface area contributed by atoms with Crippen molar-refractivity contribution in [3.8, 4) is 5.75 Å². The lowest BCUT2D eigenvalue weighted by atomic mass is 9.99. The van der Waals surface area contributed by atoms with Gasteiger partial charge in [0.1, 0.15) is 5.75 Å². The van der Waals surface area contributed by atoms with Crippen LogP contribution in [0.1, 0.15) is 25.3 Å². The predicted octanol–water partition coefficient (Wildman–Crippen LogP) is 3.46. The maximum atomic E-state index is 12.9. The molecule has 2 aromatic carbocycles. The van der Waals surface area contributed by atoms with Crippen molar-refractivity contribution in [2.45, 2.75) is 31.2 Å². The van der Waals surface area contributed by atoms with Gasteiger partial charge in [-0.25, -0.2) is 8.42 Å². The zero-order chi connectivity index (χ0) is 20.9. The third kappa shape index (κ3) is 5.50. The molecule has 2 aromatic rings. The molecular weight excluding hydrogens is 412 g/mol. The van der Waals surface area contributed by atoms with Gasteiger partial charge in [-0.05, 0) is 61.7 Å². The van der Waals surface area contributed by atoms with E-state index in [4.69, 9.17) is 16.3 Å². The van der Waals surface area contributed by atoms with Gasteiger partial charge in [0.15, 0.2) is 0 Å². The third-order valence-electron chi connectivity index (χ3n) is 4.91. The molecule has 0 saturated carbocycles. The molecular formula is C21H25ClN2O4S. The van der Waals surface area contributed by atoms with Crippen LogP contribution < -0.4 is 10.1 Å². The van der Waals surface area contributed by atoms with Gasteiger partial charge in [-0.3, -0.25) is 4.79 Å². The van der Waals surface area contributed by atoms with E-state index in [1.807, 2.05) is 31.2 Å². The highest BCUT2D eigenvalue weighted by atomic mass is 35.5. The summed E-state index contributed by atoms with van der Waals surface area (Å²) in [5.41, 5.74) is 0.961. The number of benzene rings is 2. The molecule has 8 heteroatoms. The van der Waals surface area contributed by atoms with Crippen LogP contribution in [-0.2, 0) is 21.4 Å². The van der Waals surface area contributed by atoms with Gasteiger partial charge in [-0.1, -0.05) is 23.7 Å². The minimum atomic E-state index is -3.64. The van der Waals surface area contributed by atoms with Gasteiger partial charge < -0.3 is 10.1 Å². The molecule has 156 valence electrons. The number of rotatable bonds is 7. The van der Waals surface area contributed by atoms with Crippen LogP contribution in [0.4, 0.5) is 0 Å². The molecule has 6 nitrogen and oxygen atoms in total. The lowest BCUT2D eigenvalue weighted by Gasteiger charge is -2.31. The summed E-state index contributed by atoms with van der Waals surface area (Å²) in [4.78, 5) is 12.8. The third-order valence-corrected chi connectivity index (χ3v) is 7.04. The number of carbonyl (C=O) groups excluding carboxylic acids is 1. The minimum absolute atomic E-state index is 0.130. The second-order valence-electron chi connectivity index (χ2n) is 6.95. The Morgan fingerprint density at radius 1 is 1.17 bits per heavy atom. The number of sulfonamides is 1. The second-order valence-corrected chi connectivity index (χ2v) is 9.33. The fraction of sp³-hybridized carbons (Fsp3) is 0.381. The summed E-state index contributed by atoms with van der Waals surface area (Å²) >= 11 is 5.85. The molecule has 0 radical (unpaired) electrons. The normalized spacial score (nSPS) is 17.7. The molecule has 1 fully saturated rings. The standard InChI is InChI=1S/C21H25ClN2O4S/c1-2-28-19-9-5-16(6-10-19)14-23-21(25)17-4-3-13-24(15-17)29(26,27)20-11-7-18(22)8-12-20/h5-12,17H,2-4,13-15H2,1H3,(H,23,25)/t17-/m1/s1. The fourth-order valence-corrected chi connectivity index (χ4v) is 4.98. The van der Waals surface area contributed by atoms with Crippen LogP contribution >= 0.6 is 11.6 Å². The van der Waals surface area contributed by atoms with E-state index in [-0.39, 0.29) is 23.3 Å². The fourth-order valence-electron chi connectivity index (χ4n) is 3.33. The Labute approximate surface area is 176 Å². The first-order valence-electron chi connectivity index (χ1n) is 9.65. The SMILES string of the molecule is CCOc1ccc(CNC(=O)[C@@H]2CCCN(S(=O)(=O)c3ccc(Cl)cc3)C2)cc1. The minimum Gasteiger partial charge on any atom is -0.494 e. The number of carbonyl (C=O) groups is 1. The van der Waals surface area contributed by atoms with Gasteiger partial charge >= 0.3 is 0 Å². The van der Waals surface area contributed by atoms with Crippen LogP contribution in [-0.4, -0.2) is 38.3 Å². The zero-order valence-corrected chi connectivity index (χ0v) is 17.9. The Bertz CT molecular complexity index is 930. The molecule has 0 aliphatic carbocycles. The monoisotopic (exact) mass is 436 g/mol. The van der Waals surface area contributed by atoms with Gasteiger partial charge in [0.2, 0.25) is 15.9 Å². The maximum Gasteiger partial charge on any atom is 0.243 e. The number of halogens is 1. The van der Waals surface area contributed by atoms with E-state index in [9.17, 15) is 13.2 Å². The van der Waals surface area contributed by atoms with Gasteiger partial charge in [0.05, 0.1) is 17.4 Å². The van der Waals surface area contributed by atoms with E-state index < -0.39 is 10.0 Å². The van der Waals surface area contributed by atoms with Crippen molar-refractivity contribution < 1.29 is 17.9 Å². The topological polar surface area (TPSA) is 75.7 Å². The average molecular weight is 437 g/mol. The highest BCUT2D eigenvalue weighted by molar-refractivity contribution is 7.89. The van der Waals surface area contributed by atoms with Gasteiger partial charge in [-0.2, -0.15) is 4.31 Å². The summed E-state index contributed by atoms with van der Waals surface area (Å²) in [5.74, 6) is 0.293. The molecule has 1 amide bonds. The van der Waals surface area contributed by atoms with Gasteiger partial charge in [0, 0.05) is 24.7 Å². The van der Waals surface area contributed by atoms with E-state index in [2.05, 4.69) is 5.32 Å². The Balaban J connectivity index is 1.59. The van der Waals surface area contributed by atoms with Crippen molar-refractivity contribution >= 4 is 27.5 Å². The highest BCUT2D eigenvalue weighted by Crippen LogP contribution is 2.25. The summed E-state index contributed by atoms with van der Waals surface area (Å²) in [5, 5.41) is 3.40. The summed E-state index contributed by atoms with van der Waals surface area (Å²) in [6.07, 6.45) is 1.32. The highest BCUT2D eigenvalue weighted by Gasteiger charge is 2.33. The summed E-state index contributed by atoms with van der Waals surface area (Å²) in [7, 11) is -3.64. The second kappa shape index (κ2) is 9.61. The van der Waals surface area contributed by atoms with Crippen molar-refractivity contribution in [2.75, 3.05) is 19.7 Å². The Morgan fingerprint density at radius 2 is 1.86 bits per heavy atom. The molecule has 1 saturated heterocycles. The summed E-state index contributed by atoms with van der Waals surface area (Å²) < 4.78 is 32.5. The molecule has 1 heterocycles. The quantitative estimate of drug-likeness (QED) is 0.721. The van der Waals surface area contributed by atoms with Crippen LogP contribution in [0.25, 0.3) is 0 Å². The summed E-state index contributed by atoms with van der Waals surface area (Å²) in [6, 6.07) is 13.6. The first-order chi connectivity index (χ1) is 13.9. The number of nitrogens with one attached hydrogen (secondary N) is 1. The first kappa shape index (κ1) is 21.6. The van der Waals surface area contributed by atoms with E-state index in [1.165, 1.54) is 16.4 Å². The summed E-state index contributed by atoms with van der Waals surface area (Å²) in [6.45, 7) is 3.52.